The van der Waals surface area contributed by atoms with Gasteiger partial charge in [0.1, 0.15) is 5.82 Å². The maximum Gasteiger partial charge on any atom is 0.138 e. The van der Waals surface area contributed by atoms with Crippen molar-refractivity contribution >= 4 is 23.4 Å². The van der Waals surface area contributed by atoms with Gasteiger partial charge in [-0.25, -0.2) is 4.39 Å². The van der Waals surface area contributed by atoms with Gasteiger partial charge in [0.05, 0.1) is 9.92 Å². The summed E-state index contributed by atoms with van der Waals surface area (Å²) in [7, 11) is 0. The highest BCUT2D eigenvalue weighted by molar-refractivity contribution is 7.99. The summed E-state index contributed by atoms with van der Waals surface area (Å²) in [6, 6.07) is 4.73. The summed E-state index contributed by atoms with van der Waals surface area (Å²) in [4.78, 5) is 0.552. The van der Waals surface area contributed by atoms with E-state index in [0.717, 1.165) is 5.75 Å². The van der Waals surface area contributed by atoms with Crippen molar-refractivity contribution in [1.82, 2.24) is 0 Å². The van der Waals surface area contributed by atoms with Crippen LogP contribution in [0.4, 0.5) is 4.39 Å². The van der Waals surface area contributed by atoms with Gasteiger partial charge < -0.3 is 0 Å². The predicted octanol–water partition coefficient (Wildman–Crippen LogP) is 3.59. The minimum Gasteiger partial charge on any atom is -0.206 e. The Bertz CT molecular complexity index is 230. The molecule has 11 heavy (non-hydrogen) atoms. The summed E-state index contributed by atoms with van der Waals surface area (Å²) in [5, 5.41) is 0.497. The van der Waals surface area contributed by atoms with Crippen molar-refractivity contribution in [3.05, 3.63) is 29.0 Å². The highest BCUT2D eigenvalue weighted by Gasteiger charge is 2.04. The molecule has 0 aromatic heterocycles. The smallest absolute Gasteiger partial charge is 0.138 e. The van der Waals surface area contributed by atoms with Crippen LogP contribution in [0.3, 0.4) is 0 Å². The molecule has 0 aliphatic heterocycles. The van der Waals surface area contributed by atoms with Gasteiger partial charge in [-0.15, -0.1) is 11.8 Å². The molecule has 0 unspecified atom stereocenters. The number of thioether (sulfide) groups is 1. The van der Waals surface area contributed by atoms with Crippen LogP contribution in [0.25, 0.3) is 0 Å². The lowest BCUT2D eigenvalue weighted by atomic mass is 10.3. The van der Waals surface area contributed by atoms with Crippen LogP contribution in [0.15, 0.2) is 23.1 Å². The Morgan fingerprint density at radius 1 is 1.55 bits per heavy atom. The maximum absolute atomic E-state index is 12.9. The summed E-state index contributed by atoms with van der Waals surface area (Å²) in [6.07, 6.45) is 0. The van der Waals surface area contributed by atoms with E-state index in [-0.39, 0.29) is 5.82 Å². The molecule has 0 amide bonds. The molecule has 0 bridgehead atoms. The average molecular weight is 191 g/mol. The Morgan fingerprint density at radius 3 is 2.82 bits per heavy atom. The third kappa shape index (κ3) is 2.11. The van der Waals surface area contributed by atoms with E-state index in [2.05, 4.69) is 0 Å². The van der Waals surface area contributed by atoms with Crippen molar-refractivity contribution in [2.75, 3.05) is 5.75 Å². The van der Waals surface area contributed by atoms with Gasteiger partial charge in [-0.1, -0.05) is 24.6 Å². The molecule has 0 heterocycles. The van der Waals surface area contributed by atoms with Gasteiger partial charge in [0.15, 0.2) is 0 Å². The molecule has 3 heteroatoms. The van der Waals surface area contributed by atoms with Crippen molar-refractivity contribution in [3.63, 3.8) is 0 Å². The molecule has 0 atom stereocenters. The topological polar surface area (TPSA) is 0 Å². The summed E-state index contributed by atoms with van der Waals surface area (Å²) >= 11 is 7.17. The molecule has 0 saturated carbocycles. The Kier molecular flexibility index (Phi) is 3.21. The SMILES string of the molecule is CCSc1c(F)cccc1Cl. The first kappa shape index (κ1) is 8.88. The highest BCUT2D eigenvalue weighted by Crippen LogP contribution is 2.28. The van der Waals surface area contributed by atoms with E-state index in [0.29, 0.717) is 9.92 Å². The van der Waals surface area contributed by atoms with Gasteiger partial charge in [-0.3, -0.25) is 0 Å². The quantitative estimate of drug-likeness (QED) is 0.643. The molecule has 0 aliphatic carbocycles. The molecule has 0 N–H and O–H groups in total. The van der Waals surface area contributed by atoms with Crippen LogP contribution in [0.2, 0.25) is 5.02 Å². The zero-order chi connectivity index (χ0) is 8.27. The van der Waals surface area contributed by atoms with Crippen LogP contribution in [0, 0.1) is 5.82 Å². The maximum atomic E-state index is 12.9. The standard InChI is InChI=1S/C8H8ClFS/c1-2-11-8-6(9)4-3-5-7(8)10/h3-5H,2H2,1H3. The molecule has 0 nitrogen and oxygen atoms in total. The lowest BCUT2D eigenvalue weighted by Crippen LogP contribution is -1.81. The third-order valence-electron chi connectivity index (χ3n) is 1.21. The van der Waals surface area contributed by atoms with Crippen LogP contribution >= 0.6 is 23.4 Å². The van der Waals surface area contributed by atoms with E-state index in [9.17, 15) is 4.39 Å². The van der Waals surface area contributed by atoms with Crippen LogP contribution in [-0.4, -0.2) is 5.75 Å². The first-order valence-corrected chi connectivity index (χ1v) is 4.69. The predicted molar refractivity (Wildman–Crippen MR) is 47.8 cm³/mol. The molecular formula is C8H8ClFS. The van der Waals surface area contributed by atoms with Crippen LogP contribution < -0.4 is 0 Å². The molecule has 1 rings (SSSR count). The fourth-order valence-electron chi connectivity index (χ4n) is 0.765. The van der Waals surface area contributed by atoms with E-state index in [1.54, 1.807) is 12.1 Å². The van der Waals surface area contributed by atoms with Crippen LogP contribution in [0.5, 0.6) is 0 Å². The summed E-state index contributed by atoms with van der Waals surface area (Å²) < 4.78 is 12.9. The van der Waals surface area contributed by atoms with Crippen molar-refractivity contribution in [3.8, 4) is 0 Å². The first-order chi connectivity index (χ1) is 5.25. The minimum atomic E-state index is -0.232. The first-order valence-electron chi connectivity index (χ1n) is 3.32. The van der Waals surface area contributed by atoms with E-state index in [4.69, 9.17) is 11.6 Å². The lowest BCUT2D eigenvalue weighted by molar-refractivity contribution is 0.602. The highest BCUT2D eigenvalue weighted by atomic mass is 35.5. The van der Waals surface area contributed by atoms with Gasteiger partial charge >= 0.3 is 0 Å². The molecule has 0 radical (unpaired) electrons. The molecule has 0 spiro atoms. The number of rotatable bonds is 2. The fraction of sp³-hybridized carbons (Fsp3) is 0.250. The second kappa shape index (κ2) is 3.98. The van der Waals surface area contributed by atoms with Crippen LogP contribution in [-0.2, 0) is 0 Å². The fourth-order valence-corrected chi connectivity index (χ4v) is 1.79. The van der Waals surface area contributed by atoms with Gasteiger partial charge in [-0.05, 0) is 17.9 Å². The molecular weight excluding hydrogens is 183 g/mol. The number of hydrogen-bond acceptors (Lipinski definition) is 1. The van der Waals surface area contributed by atoms with E-state index in [1.807, 2.05) is 6.92 Å². The van der Waals surface area contributed by atoms with Gasteiger partial charge in [0.2, 0.25) is 0 Å². The van der Waals surface area contributed by atoms with Crippen molar-refractivity contribution in [2.45, 2.75) is 11.8 Å². The summed E-state index contributed by atoms with van der Waals surface area (Å²) in [5.74, 6) is 0.602. The zero-order valence-corrected chi connectivity index (χ0v) is 7.68. The lowest BCUT2D eigenvalue weighted by Gasteiger charge is -2.01. The Labute approximate surface area is 74.8 Å². The van der Waals surface area contributed by atoms with E-state index < -0.39 is 0 Å². The molecule has 1 aromatic carbocycles. The normalized spacial score (nSPS) is 10.1. The second-order valence-corrected chi connectivity index (χ2v) is 3.67. The summed E-state index contributed by atoms with van der Waals surface area (Å²) in [6.45, 7) is 1.97. The van der Waals surface area contributed by atoms with Crippen LogP contribution in [0.1, 0.15) is 6.92 Å². The third-order valence-corrected chi connectivity index (χ3v) is 2.63. The van der Waals surface area contributed by atoms with Crippen molar-refractivity contribution < 1.29 is 4.39 Å². The Morgan fingerprint density at radius 2 is 2.27 bits per heavy atom. The molecule has 0 saturated heterocycles. The van der Waals surface area contributed by atoms with Crippen molar-refractivity contribution in [2.24, 2.45) is 0 Å². The zero-order valence-electron chi connectivity index (χ0n) is 6.10. The molecule has 0 aliphatic rings. The van der Waals surface area contributed by atoms with Gasteiger partial charge in [-0.2, -0.15) is 0 Å². The largest absolute Gasteiger partial charge is 0.206 e. The molecule has 0 fully saturated rings. The Hall–Kier alpha value is -0.210. The average Bonchev–Trinajstić information content (AvgIpc) is 1.97. The number of hydrogen-bond donors (Lipinski definition) is 0. The number of benzene rings is 1. The summed E-state index contributed by atoms with van der Waals surface area (Å²) in [5.41, 5.74) is 0. The Balaban J connectivity index is 3.00. The minimum absolute atomic E-state index is 0.232. The van der Waals surface area contributed by atoms with Gasteiger partial charge in [0.25, 0.3) is 0 Å². The van der Waals surface area contributed by atoms with E-state index >= 15 is 0 Å². The van der Waals surface area contributed by atoms with E-state index in [1.165, 1.54) is 17.8 Å². The van der Waals surface area contributed by atoms with Gasteiger partial charge in [0, 0.05) is 0 Å². The molecule has 60 valence electrons. The van der Waals surface area contributed by atoms with Crippen molar-refractivity contribution in [1.29, 1.82) is 0 Å². The number of halogens is 2. The second-order valence-electron chi connectivity index (χ2n) is 1.98. The monoisotopic (exact) mass is 190 g/mol. The molecule has 1 aromatic rings.